The normalized spacial score (nSPS) is 10.3. The van der Waals surface area contributed by atoms with E-state index in [2.05, 4.69) is 5.32 Å². The molecular formula is C12H15F2NO2. The molecule has 0 fully saturated rings. The van der Waals surface area contributed by atoms with Gasteiger partial charge in [0.25, 0.3) is 0 Å². The van der Waals surface area contributed by atoms with Gasteiger partial charge in [-0.1, -0.05) is 0 Å². The van der Waals surface area contributed by atoms with Crippen molar-refractivity contribution in [2.45, 2.75) is 19.3 Å². The van der Waals surface area contributed by atoms with Gasteiger partial charge < -0.3 is 10.4 Å². The van der Waals surface area contributed by atoms with Crippen LogP contribution in [0.1, 0.15) is 18.4 Å². The number of carbonyl (C=O) groups is 1. The lowest BCUT2D eigenvalue weighted by Crippen LogP contribution is -2.25. The summed E-state index contributed by atoms with van der Waals surface area (Å²) >= 11 is 0. The Bertz CT molecular complexity index is 383. The Labute approximate surface area is 98.5 Å². The maximum Gasteiger partial charge on any atom is 0.220 e. The average Bonchev–Trinajstić information content (AvgIpc) is 2.31. The van der Waals surface area contributed by atoms with Gasteiger partial charge in [-0.3, -0.25) is 4.79 Å². The SMILES string of the molecule is O=C(CCCO)NCCc1cc(F)ccc1F. The van der Waals surface area contributed by atoms with Gasteiger partial charge in [-0.25, -0.2) is 8.78 Å². The molecule has 0 aliphatic carbocycles. The Morgan fingerprint density at radius 2 is 2.12 bits per heavy atom. The minimum Gasteiger partial charge on any atom is -0.396 e. The van der Waals surface area contributed by atoms with Gasteiger partial charge in [-0.2, -0.15) is 0 Å². The second-order valence-corrected chi connectivity index (χ2v) is 3.66. The highest BCUT2D eigenvalue weighted by molar-refractivity contribution is 5.75. The molecule has 0 aromatic heterocycles. The number of nitrogens with one attached hydrogen (secondary N) is 1. The van der Waals surface area contributed by atoms with Crippen LogP contribution in [0, 0.1) is 11.6 Å². The third-order valence-electron chi connectivity index (χ3n) is 2.29. The molecule has 17 heavy (non-hydrogen) atoms. The molecule has 1 rings (SSSR count). The molecule has 94 valence electrons. The van der Waals surface area contributed by atoms with Gasteiger partial charge in [-0.05, 0) is 36.6 Å². The lowest BCUT2D eigenvalue weighted by atomic mass is 10.1. The molecule has 5 heteroatoms. The zero-order valence-corrected chi connectivity index (χ0v) is 9.38. The van der Waals surface area contributed by atoms with Crippen LogP contribution in [-0.2, 0) is 11.2 Å². The van der Waals surface area contributed by atoms with Crippen molar-refractivity contribution in [3.8, 4) is 0 Å². The molecule has 1 amide bonds. The molecule has 0 aliphatic rings. The Hall–Kier alpha value is -1.49. The molecule has 0 saturated carbocycles. The zero-order chi connectivity index (χ0) is 12.7. The van der Waals surface area contributed by atoms with Gasteiger partial charge in [0.2, 0.25) is 5.91 Å². The van der Waals surface area contributed by atoms with E-state index in [1.165, 1.54) is 0 Å². The molecule has 1 aromatic carbocycles. The molecule has 0 spiro atoms. The maximum atomic E-state index is 13.2. The van der Waals surface area contributed by atoms with E-state index < -0.39 is 11.6 Å². The van der Waals surface area contributed by atoms with Crippen molar-refractivity contribution >= 4 is 5.91 Å². The van der Waals surface area contributed by atoms with E-state index in [9.17, 15) is 13.6 Å². The maximum absolute atomic E-state index is 13.2. The molecule has 0 unspecified atom stereocenters. The molecule has 2 N–H and O–H groups in total. The molecular weight excluding hydrogens is 228 g/mol. The van der Waals surface area contributed by atoms with Gasteiger partial charge in [0.05, 0.1) is 0 Å². The molecule has 0 aliphatic heterocycles. The first-order valence-electron chi connectivity index (χ1n) is 5.45. The summed E-state index contributed by atoms with van der Waals surface area (Å²) in [4.78, 5) is 11.2. The number of hydrogen-bond donors (Lipinski definition) is 2. The summed E-state index contributed by atoms with van der Waals surface area (Å²) in [5, 5.41) is 11.1. The fourth-order valence-corrected chi connectivity index (χ4v) is 1.40. The second-order valence-electron chi connectivity index (χ2n) is 3.66. The largest absolute Gasteiger partial charge is 0.396 e. The van der Waals surface area contributed by atoms with Crippen LogP contribution >= 0.6 is 0 Å². The van der Waals surface area contributed by atoms with Gasteiger partial charge in [-0.15, -0.1) is 0 Å². The molecule has 3 nitrogen and oxygen atoms in total. The number of aliphatic hydroxyl groups is 1. The number of amides is 1. The summed E-state index contributed by atoms with van der Waals surface area (Å²) in [6.07, 6.45) is 0.886. The summed E-state index contributed by atoms with van der Waals surface area (Å²) in [6.45, 7) is 0.219. The molecule has 0 saturated heterocycles. The van der Waals surface area contributed by atoms with Crippen LogP contribution in [0.3, 0.4) is 0 Å². The molecule has 1 aromatic rings. The van der Waals surface area contributed by atoms with Crippen molar-refractivity contribution in [3.05, 3.63) is 35.4 Å². The van der Waals surface area contributed by atoms with Crippen LogP contribution in [0.25, 0.3) is 0 Å². The van der Waals surface area contributed by atoms with Crippen LogP contribution in [0.15, 0.2) is 18.2 Å². The van der Waals surface area contributed by atoms with Gasteiger partial charge in [0.1, 0.15) is 11.6 Å². The summed E-state index contributed by atoms with van der Waals surface area (Å²) in [5.74, 6) is -1.17. The summed E-state index contributed by atoms with van der Waals surface area (Å²) in [5.41, 5.74) is 0.243. The summed E-state index contributed by atoms with van der Waals surface area (Å²) in [7, 11) is 0. The van der Waals surface area contributed by atoms with E-state index in [1.54, 1.807) is 0 Å². The predicted octanol–water partition coefficient (Wildman–Crippen LogP) is 1.40. The summed E-state index contributed by atoms with van der Waals surface area (Å²) in [6, 6.07) is 3.24. The number of aliphatic hydroxyl groups excluding tert-OH is 1. The van der Waals surface area contributed by atoms with Gasteiger partial charge >= 0.3 is 0 Å². The Morgan fingerprint density at radius 1 is 1.35 bits per heavy atom. The number of rotatable bonds is 6. The van der Waals surface area contributed by atoms with E-state index in [-0.39, 0.29) is 37.5 Å². The van der Waals surface area contributed by atoms with E-state index in [4.69, 9.17) is 5.11 Å². The minimum absolute atomic E-state index is 0.0358. The highest BCUT2D eigenvalue weighted by Crippen LogP contribution is 2.09. The van der Waals surface area contributed by atoms with Crippen LogP contribution in [0.4, 0.5) is 8.78 Å². The van der Waals surface area contributed by atoms with Crippen molar-refractivity contribution in [2.75, 3.05) is 13.2 Å². The van der Waals surface area contributed by atoms with Crippen molar-refractivity contribution in [2.24, 2.45) is 0 Å². The number of halogens is 2. The van der Waals surface area contributed by atoms with Gasteiger partial charge in [0.15, 0.2) is 0 Å². The fourth-order valence-electron chi connectivity index (χ4n) is 1.40. The van der Waals surface area contributed by atoms with Crippen LogP contribution in [-0.4, -0.2) is 24.2 Å². The second kappa shape index (κ2) is 6.96. The standard InChI is InChI=1S/C12H15F2NO2/c13-10-3-4-11(14)9(8-10)5-6-15-12(17)2-1-7-16/h3-4,8,16H,1-2,5-7H2,(H,15,17). The van der Waals surface area contributed by atoms with Crippen molar-refractivity contribution < 1.29 is 18.7 Å². The Morgan fingerprint density at radius 3 is 2.82 bits per heavy atom. The Balaban J connectivity index is 2.35. The highest BCUT2D eigenvalue weighted by atomic mass is 19.1. The molecule has 0 radical (unpaired) electrons. The van der Waals surface area contributed by atoms with Crippen molar-refractivity contribution in [3.63, 3.8) is 0 Å². The topological polar surface area (TPSA) is 49.3 Å². The number of hydrogen-bond acceptors (Lipinski definition) is 2. The van der Waals surface area contributed by atoms with Crippen molar-refractivity contribution in [1.29, 1.82) is 0 Å². The first kappa shape index (κ1) is 13.6. The minimum atomic E-state index is -0.493. The lowest BCUT2D eigenvalue weighted by Gasteiger charge is -2.05. The van der Waals surface area contributed by atoms with Crippen LogP contribution in [0.5, 0.6) is 0 Å². The van der Waals surface area contributed by atoms with E-state index in [1.807, 2.05) is 0 Å². The third-order valence-corrected chi connectivity index (χ3v) is 2.29. The monoisotopic (exact) mass is 243 g/mol. The third kappa shape index (κ3) is 4.91. The van der Waals surface area contributed by atoms with E-state index >= 15 is 0 Å². The predicted molar refractivity (Wildman–Crippen MR) is 59.4 cm³/mol. The van der Waals surface area contributed by atoms with Crippen molar-refractivity contribution in [1.82, 2.24) is 5.32 Å². The smallest absolute Gasteiger partial charge is 0.220 e. The van der Waals surface area contributed by atoms with E-state index in [0.717, 1.165) is 18.2 Å². The average molecular weight is 243 g/mol. The molecule has 0 bridgehead atoms. The van der Waals surface area contributed by atoms with Crippen LogP contribution < -0.4 is 5.32 Å². The lowest BCUT2D eigenvalue weighted by molar-refractivity contribution is -0.121. The first-order valence-corrected chi connectivity index (χ1v) is 5.45. The zero-order valence-electron chi connectivity index (χ0n) is 9.38. The summed E-state index contributed by atoms with van der Waals surface area (Å²) < 4.78 is 26.0. The quantitative estimate of drug-likeness (QED) is 0.793. The highest BCUT2D eigenvalue weighted by Gasteiger charge is 2.05. The molecule has 0 atom stereocenters. The first-order chi connectivity index (χ1) is 8.13. The molecule has 0 heterocycles. The number of carbonyl (C=O) groups excluding carboxylic acids is 1. The number of benzene rings is 1. The fraction of sp³-hybridized carbons (Fsp3) is 0.417. The Kier molecular flexibility index (Phi) is 5.56. The van der Waals surface area contributed by atoms with Gasteiger partial charge in [0, 0.05) is 19.6 Å². The van der Waals surface area contributed by atoms with Crippen LogP contribution in [0.2, 0.25) is 0 Å². The van der Waals surface area contributed by atoms with E-state index in [0.29, 0.717) is 6.42 Å².